The molecule has 1 N–H and O–H groups in total. The van der Waals surface area contributed by atoms with Crippen molar-refractivity contribution in [2.24, 2.45) is 5.92 Å². The Morgan fingerprint density at radius 2 is 2.24 bits per heavy atom. The van der Waals surface area contributed by atoms with Crippen molar-refractivity contribution < 1.29 is 0 Å². The number of rotatable bonds is 3. The smallest absolute Gasteiger partial charge is 0.146 e. The molecule has 1 saturated heterocycles. The highest BCUT2D eigenvalue weighted by Crippen LogP contribution is 2.30. The molecule has 0 aromatic carbocycles. The zero-order valence-electron chi connectivity index (χ0n) is 13.4. The lowest BCUT2D eigenvalue weighted by molar-refractivity contribution is 0.263. The van der Waals surface area contributed by atoms with Crippen molar-refractivity contribution in [3.63, 3.8) is 0 Å². The largest absolute Gasteiger partial charge is 0.319 e. The molecule has 1 aliphatic carbocycles. The fourth-order valence-electron chi connectivity index (χ4n) is 3.45. The number of nitrogens with one attached hydrogen (secondary N) is 1. The summed E-state index contributed by atoms with van der Waals surface area (Å²) in [4.78, 5) is 12.2. The summed E-state index contributed by atoms with van der Waals surface area (Å²) in [5.41, 5.74) is 3.94. The second kappa shape index (κ2) is 6.63. The Labute approximate surface area is 132 Å². The van der Waals surface area contributed by atoms with Crippen LogP contribution in [0, 0.1) is 12.8 Å². The topological polar surface area (TPSA) is 41.1 Å². The van der Waals surface area contributed by atoms with Gasteiger partial charge < -0.3 is 5.32 Å². The van der Waals surface area contributed by atoms with Crippen LogP contribution in [-0.4, -0.2) is 53.6 Å². The van der Waals surface area contributed by atoms with Gasteiger partial charge in [0, 0.05) is 29.4 Å². The van der Waals surface area contributed by atoms with Crippen LogP contribution < -0.4 is 5.32 Å². The summed E-state index contributed by atoms with van der Waals surface area (Å²) in [5.74, 6) is 4.14. The minimum atomic E-state index is 0.391. The highest BCUT2D eigenvalue weighted by Gasteiger charge is 2.27. The van der Waals surface area contributed by atoms with Crippen LogP contribution in [-0.2, 0) is 12.8 Å². The van der Waals surface area contributed by atoms with E-state index >= 15 is 0 Å². The van der Waals surface area contributed by atoms with Crippen molar-refractivity contribution in [2.45, 2.75) is 32.2 Å². The number of aryl methyl sites for hydroxylation is 2. The molecule has 0 spiro atoms. The highest BCUT2D eigenvalue weighted by molar-refractivity contribution is 7.99. The van der Waals surface area contributed by atoms with Gasteiger partial charge in [0.15, 0.2) is 0 Å². The Morgan fingerprint density at radius 1 is 1.38 bits per heavy atom. The van der Waals surface area contributed by atoms with E-state index in [4.69, 9.17) is 9.97 Å². The molecule has 2 atom stereocenters. The zero-order valence-corrected chi connectivity index (χ0v) is 14.2. The molecule has 1 aromatic heterocycles. The van der Waals surface area contributed by atoms with Crippen molar-refractivity contribution >= 4 is 11.8 Å². The molecule has 5 heteroatoms. The average Bonchev–Trinajstić information content (AvgIpc) is 2.48. The standard InChI is InChI=1S/C16H26N4S/c1-11-13-8-12(9-17-2)4-5-14(13)19-16(18-11)15-10-21-7-6-20(15)3/h12,15,17H,4-10H2,1-3H3. The monoisotopic (exact) mass is 306 g/mol. The third-order valence-electron chi connectivity index (χ3n) is 4.79. The third-order valence-corrected chi connectivity index (χ3v) is 5.81. The minimum absolute atomic E-state index is 0.391. The van der Waals surface area contributed by atoms with Crippen molar-refractivity contribution in [1.29, 1.82) is 0 Å². The zero-order chi connectivity index (χ0) is 14.8. The van der Waals surface area contributed by atoms with Gasteiger partial charge in [-0.1, -0.05) is 0 Å². The fourth-order valence-corrected chi connectivity index (χ4v) is 4.66. The van der Waals surface area contributed by atoms with Crippen molar-refractivity contribution in [3.8, 4) is 0 Å². The van der Waals surface area contributed by atoms with Gasteiger partial charge in [-0.3, -0.25) is 4.90 Å². The van der Waals surface area contributed by atoms with Gasteiger partial charge in [0.25, 0.3) is 0 Å². The van der Waals surface area contributed by atoms with E-state index in [9.17, 15) is 0 Å². The van der Waals surface area contributed by atoms with E-state index in [1.54, 1.807) is 0 Å². The van der Waals surface area contributed by atoms with Crippen LogP contribution in [0.3, 0.4) is 0 Å². The first-order valence-corrected chi connectivity index (χ1v) is 9.13. The lowest BCUT2D eigenvalue weighted by Crippen LogP contribution is -2.35. The van der Waals surface area contributed by atoms with Gasteiger partial charge in [0.05, 0.1) is 6.04 Å². The van der Waals surface area contributed by atoms with E-state index in [-0.39, 0.29) is 0 Å². The molecule has 0 amide bonds. The van der Waals surface area contributed by atoms with Crippen LogP contribution in [0.1, 0.15) is 35.2 Å². The van der Waals surface area contributed by atoms with Crippen molar-refractivity contribution in [2.75, 3.05) is 38.7 Å². The van der Waals surface area contributed by atoms with Gasteiger partial charge in [0.1, 0.15) is 5.82 Å². The molecule has 0 radical (unpaired) electrons. The summed E-state index contributed by atoms with van der Waals surface area (Å²) in [6.45, 7) is 4.41. The summed E-state index contributed by atoms with van der Waals surface area (Å²) in [5, 5.41) is 3.31. The second-order valence-corrected chi connectivity index (χ2v) is 7.48. The third kappa shape index (κ3) is 3.25. The molecule has 0 bridgehead atoms. The van der Waals surface area contributed by atoms with E-state index in [0.717, 1.165) is 43.4 Å². The molecule has 2 aliphatic rings. The van der Waals surface area contributed by atoms with Crippen LogP contribution in [0.15, 0.2) is 0 Å². The Kier molecular flexibility index (Phi) is 4.82. The number of nitrogens with zero attached hydrogens (tertiary/aromatic N) is 3. The molecular formula is C16H26N4S. The van der Waals surface area contributed by atoms with Crippen LogP contribution in [0.5, 0.6) is 0 Å². The Bertz CT molecular complexity index is 505. The lowest BCUT2D eigenvalue weighted by atomic mass is 9.85. The molecule has 21 heavy (non-hydrogen) atoms. The summed E-state index contributed by atoms with van der Waals surface area (Å²) in [7, 11) is 4.24. The highest BCUT2D eigenvalue weighted by atomic mass is 32.2. The summed E-state index contributed by atoms with van der Waals surface area (Å²) in [6.07, 6.45) is 3.50. The maximum absolute atomic E-state index is 4.96. The van der Waals surface area contributed by atoms with Gasteiger partial charge >= 0.3 is 0 Å². The van der Waals surface area contributed by atoms with Gasteiger partial charge in [-0.15, -0.1) is 0 Å². The molecule has 2 unspecified atom stereocenters. The van der Waals surface area contributed by atoms with Crippen LogP contribution >= 0.6 is 11.8 Å². The van der Waals surface area contributed by atoms with Crippen LogP contribution in [0.2, 0.25) is 0 Å². The van der Waals surface area contributed by atoms with E-state index in [1.807, 2.05) is 18.8 Å². The molecule has 4 nitrogen and oxygen atoms in total. The van der Waals surface area contributed by atoms with E-state index in [2.05, 4.69) is 24.2 Å². The van der Waals surface area contributed by atoms with E-state index in [0.29, 0.717) is 6.04 Å². The van der Waals surface area contributed by atoms with E-state index in [1.165, 1.54) is 29.1 Å². The molecule has 3 rings (SSSR count). The molecule has 1 aliphatic heterocycles. The van der Waals surface area contributed by atoms with Gasteiger partial charge in [-0.05, 0) is 58.3 Å². The maximum atomic E-state index is 4.96. The summed E-state index contributed by atoms with van der Waals surface area (Å²) >= 11 is 2.02. The second-order valence-electron chi connectivity index (χ2n) is 6.33. The number of fused-ring (bicyclic) bond motifs is 1. The first-order chi connectivity index (χ1) is 10.2. The average molecular weight is 306 g/mol. The van der Waals surface area contributed by atoms with E-state index < -0.39 is 0 Å². The predicted molar refractivity (Wildman–Crippen MR) is 88.9 cm³/mol. The van der Waals surface area contributed by atoms with Crippen LogP contribution in [0.4, 0.5) is 0 Å². The molecule has 0 saturated carbocycles. The SMILES string of the molecule is CNCC1CCc2nc(C3CSCCN3C)nc(C)c2C1. The first kappa shape index (κ1) is 15.3. The number of hydrogen-bond donors (Lipinski definition) is 1. The Hall–Kier alpha value is -0.650. The Morgan fingerprint density at radius 3 is 3.00 bits per heavy atom. The molecule has 116 valence electrons. The summed E-state index contributed by atoms with van der Waals surface area (Å²) in [6, 6.07) is 0.391. The van der Waals surface area contributed by atoms with Gasteiger partial charge in [-0.25, -0.2) is 9.97 Å². The Balaban J connectivity index is 1.85. The van der Waals surface area contributed by atoms with Crippen LogP contribution in [0.25, 0.3) is 0 Å². The predicted octanol–water partition coefficient (Wildman–Crippen LogP) is 1.83. The fraction of sp³-hybridized carbons (Fsp3) is 0.750. The van der Waals surface area contributed by atoms with Crippen molar-refractivity contribution in [3.05, 3.63) is 22.8 Å². The molecule has 2 heterocycles. The normalized spacial score (nSPS) is 26.6. The quantitative estimate of drug-likeness (QED) is 0.923. The van der Waals surface area contributed by atoms with Crippen molar-refractivity contribution in [1.82, 2.24) is 20.2 Å². The number of hydrogen-bond acceptors (Lipinski definition) is 5. The number of thioether (sulfide) groups is 1. The molecule has 1 aromatic rings. The number of aromatic nitrogens is 2. The molecular weight excluding hydrogens is 280 g/mol. The molecule has 1 fully saturated rings. The first-order valence-electron chi connectivity index (χ1n) is 7.98. The maximum Gasteiger partial charge on any atom is 0.146 e. The van der Waals surface area contributed by atoms with Gasteiger partial charge in [-0.2, -0.15) is 11.8 Å². The lowest BCUT2D eigenvalue weighted by Gasteiger charge is -2.32. The van der Waals surface area contributed by atoms with Gasteiger partial charge in [0.2, 0.25) is 0 Å². The minimum Gasteiger partial charge on any atom is -0.319 e. The summed E-state index contributed by atoms with van der Waals surface area (Å²) < 4.78 is 0.